The van der Waals surface area contributed by atoms with Gasteiger partial charge in [-0.3, -0.25) is 4.79 Å². The van der Waals surface area contributed by atoms with Crippen LogP contribution in [0.1, 0.15) is 5.56 Å². The van der Waals surface area contributed by atoms with Gasteiger partial charge in [0.15, 0.2) is 9.84 Å². The fraction of sp³-hybridized carbons (Fsp3) is 0.150. The number of sulfone groups is 1. The van der Waals surface area contributed by atoms with Crippen molar-refractivity contribution < 1.29 is 17.9 Å². The van der Waals surface area contributed by atoms with Crippen molar-refractivity contribution in [2.75, 3.05) is 6.26 Å². The van der Waals surface area contributed by atoms with Crippen molar-refractivity contribution in [1.82, 2.24) is 9.78 Å². The average molecular weight is 395 g/mol. The number of nitrogens with zero attached hydrogens (tertiary/aromatic N) is 3. The van der Waals surface area contributed by atoms with Crippen LogP contribution in [0.5, 0.6) is 5.88 Å². The normalized spacial score (nSPS) is 11.0. The lowest BCUT2D eigenvalue weighted by molar-refractivity contribution is -0.121. The summed E-state index contributed by atoms with van der Waals surface area (Å²) in [5.41, 5.74) is 3.49. The van der Waals surface area contributed by atoms with Crippen LogP contribution in [0.3, 0.4) is 0 Å². The van der Waals surface area contributed by atoms with Crippen molar-refractivity contribution in [1.29, 1.82) is 5.26 Å². The second-order valence-electron chi connectivity index (χ2n) is 6.22. The molecule has 8 heteroatoms. The van der Waals surface area contributed by atoms with E-state index in [1.54, 1.807) is 12.1 Å². The molecular weight excluding hydrogens is 378 g/mol. The topological polar surface area (TPSA) is 102 Å². The summed E-state index contributed by atoms with van der Waals surface area (Å²) in [6.45, 7) is 2.14. The fourth-order valence-corrected chi connectivity index (χ4v) is 3.46. The van der Waals surface area contributed by atoms with Gasteiger partial charge in [-0.25, -0.2) is 13.1 Å². The minimum absolute atomic E-state index is 0.108. The average Bonchev–Trinajstić information content (AvgIpc) is 3.01. The summed E-state index contributed by atoms with van der Waals surface area (Å²) >= 11 is 0. The Hall–Kier alpha value is -3.44. The van der Waals surface area contributed by atoms with Gasteiger partial charge >= 0.3 is 0 Å². The molecule has 0 radical (unpaired) electrons. The maximum Gasteiger partial charge on any atom is 0.299 e. The van der Waals surface area contributed by atoms with Gasteiger partial charge in [-0.1, -0.05) is 42.0 Å². The second kappa shape index (κ2) is 7.66. The zero-order valence-electron chi connectivity index (χ0n) is 15.3. The zero-order chi connectivity index (χ0) is 20.3. The van der Waals surface area contributed by atoms with Gasteiger partial charge in [0.2, 0.25) is 5.88 Å². The predicted molar refractivity (Wildman–Crippen MR) is 103 cm³/mol. The minimum atomic E-state index is -3.33. The third kappa shape index (κ3) is 3.80. The minimum Gasteiger partial charge on any atom is -0.409 e. The number of aromatic nitrogens is 2. The Bertz CT molecular complexity index is 1160. The number of hydrogen-bond acceptors (Lipinski definition) is 6. The summed E-state index contributed by atoms with van der Waals surface area (Å²) in [6, 6.07) is 15.8. The van der Waals surface area contributed by atoms with Crippen LogP contribution in [0.2, 0.25) is 0 Å². The first-order chi connectivity index (χ1) is 13.3. The van der Waals surface area contributed by atoms with Crippen LogP contribution in [0.25, 0.3) is 22.4 Å². The Morgan fingerprint density at radius 2 is 1.71 bits per heavy atom. The third-order valence-corrected chi connectivity index (χ3v) is 5.31. The van der Waals surface area contributed by atoms with E-state index in [2.05, 4.69) is 5.10 Å². The van der Waals surface area contributed by atoms with Crippen LogP contribution < -0.4 is 4.74 Å². The molecule has 0 aliphatic rings. The van der Waals surface area contributed by atoms with E-state index in [0.29, 0.717) is 23.3 Å². The van der Waals surface area contributed by atoms with Gasteiger partial charge in [-0.15, -0.1) is 0 Å². The molecule has 0 saturated carbocycles. The van der Waals surface area contributed by atoms with Gasteiger partial charge in [-0.2, -0.15) is 10.4 Å². The van der Waals surface area contributed by atoms with Crippen molar-refractivity contribution in [2.24, 2.45) is 0 Å². The van der Waals surface area contributed by atoms with Crippen LogP contribution in [0.15, 0.2) is 53.4 Å². The molecule has 142 valence electrons. The summed E-state index contributed by atoms with van der Waals surface area (Å²) in [5, 5.41) is 13.5. The van der Waals surface area contributed by atoms with Crippen LogP contribution in [0, 0.1) is 18.3 Å². The Kier molecular flexibility index (Phi) is 5.29. The van der Waals surface area contributed by atoms with E-state index in [1.165, 1.54) is 16.8 Å². The summed E-state index contributed by atoms with van der Waals surface area (Å²) < 4.78 is 29.9. The van der Waals surface area contributed by atoms with Crippen molar-refractivity contribution in [3.63, 3.8) is 0 Å². The van der Waals surface area contributed by atoms with Gasteiger partial charge in [0.1, 0.15) is 12.2 Å². The fourth-order valence-electron chi connectivity index (χ4n) is 2.83. The Morgan fingerprint density at radius 1 is 1.11 bits per heavy atom. The molecule has 3 rings (SSSR count). The maximum atomic E-state index is 11.7. The predicted octanol–water partition coefficient (Wildman–Crippen LogP) is 2.99. The highest BCUT2D eigenvalue weighted by atomic mass is 32.2. The molecule has 0 bridgehead atoms. The molecule has 0 aliphatic carbocycles. The molecule has 1 heterocycles. The van der Waals surface area contributed by atoms with Crippen molar-refractivity contribution in [3.05, 3.63) is 54.1 Å². The first-order valence-electron chi connectivity index (χ1n) is 8.30. The lowest BCUT2D eigenvalue weighted by Gasteiger charge is -2.07. The highest BCUT2D eigenvalue weighted by Gasteiger charge is 2.22. The van der Waals surface area contributed by atoms with Crippen LogP contribution in [0.4, 0.5) is 0 Å². The summed E-state index contributed by atoms with van der Waals surface area (Å²) in [4.78, 5) is 11.2. The zero-order valence-corrected chi connectivity index (χ0v) is 16.1. The van der Waals surface area contributed by atoms with Crippen LogP contribution in [-0.2, 0) is 21.2 Å². The molecule has 3 aromatic rings. The Balaban J connectivity index is 2.24. The largest absolute Gasteiger partial charge is 0.409 e. The molecule has 0 aliphatic heterocycles. The molecule has 0 atom stereocenters. The van der Waals surface area contributed by atoms with E-state index in [-0.39, 0.29) is 17.3 Å². The van der Waals surface area contributed by atoms with E-state index >= 15 is 0 Å². The van der Waals surface area contributed by atoms with Gasteiger partial charge in [-0.05, 0) is 24.6 Å². The molecule has 1 aromatic heterocycles. The van der Waals surface area contributed by atoms with Gasteiger partial charge < -0.3 is 4.74 Å². The Morgan fingerprint density at radius 3 is 2.25 bits per heavy atom. The number of nitriles is 1. The molecule has 0 amide bonds. The number of ether oxygens (including phenoxy) is 1. The summed E-state index contributed by atoms with van der Waals surface area (Å²) in [6.07, 6.45) is 1.14. The number of aryl methyl sites for hydroxylation is 1. The monoisotopic (exact) mass is 395 g/mol. The van der Waals surface area contributed by atoms with Crippen LogP contribution in [-0.4, -0.2) is 30.9 Å². The van der Waals surface area contributed by atoms with E-state index in [1.807, 2.05) is 37.3 Å². The standard InChI is InChI=1S/C20H17N3O4S/c1-14-3-5-15(6-4-14)18-19(22-23(12-11-21)20(18)27-13-24)16-7-9-17(10-8-16)28(2,25)26/h3-10,13H,12H2,1-2H3. The molecule has 28 heavy (non-hydrogen) atoms. The molecule has 0 fully saturated rings. The van der Waals surface area contributed by atoms with Crippen LogP contribution >= 0.6 is 0 Å². The molecule has 2 aromatic carbocycles. The first-order valence-corrected chi connectivity index (χ1v) is 10.2. The van der Waals surface area contributed by atoms with E-state index in [4.69, 9.17) is 10.00 Å². The van der Waals surface area contributed by atoms with Crippen molar-refractivity contribution in [3.8, 4) is 34.3 Å². The lowest BCUT2D eigenvalue weighted by atomic mass is 10.0. The second-order valence-corrected chi connectivity index (χ2v) is 8.24. The van der Waals surface area contributed by atoms with Gasteiger partial charge in [0.25, 0.3) is 6.47 Å². The number of rotatable bonds is 6. The molecule has 0 saturated heterocycles. The number of carbonyl (C=O) groups excluding carboxylic acids is 1. The molecule has 0 N–H and O–H groups in total. The first kappa shape index (κ1) is 19.3. The number of carbonyl (C=O) groups is 1. The quantitative estimate of drug-likeness (QED) is 0.595. The SMILES string of the molecule is Cc1ccc(-c2c(-c3ccc(S(C)(=O)=O)cc3)nn(CC#N)c2OC=O)cc1. The lowest BCUT2D eigenvalue weighted by Crippen LogP contribution is -2.03. The molecular formula is C20H17N3O4S. The number of hydrogen-bond donors (Lipinski definition) is 0. The summed E-state index contributed by atoms with van der Waals surface area (Å²) in [7, 11) is -3.33. The molecule has 0 spiro atoms. The molecule has 0 unspecified atom stereocenters. The number of benzene rings is 2. The highest BCUT2D eigenvalue weighted by molar-refractivity contribution is 7.90. The highest BCUT2D eigenvalue weighted by Crippen LogP contribution is 2.39. The van der Waals surface area contributed by atoms with E-state index < -0.39 is 9.84 Å². The smallest absolute Gasteiger partial charge is 0.299 e. The summed E-state index contributed by atoms with van der Waals surface area (Å²) in [5.74, 6) is 0.155. The van der Waals surface area contributed by atoms with E-state index in [9.17, 15) is 13.2 Å². The molecule has 7 nitrogen and oxygen atoms in total. The van der Waals surface area contributed by atoms with Crippen molar-refractivity contribution >= 4 is 16.3 Å². The Labute approximate surface area is 162 Å². The maximum absolute atomic E-state index is 11.7. The van der Waals surface area contributed by atoms with Gasteiger partial charge in [0.05, 0.1) is 16.5 Å². The van der Waals surface area contributed by atoms with Gasteiger partial charge in [0, 0.05) is 11.8 Å². The van der Waals surface area contributed by atoms with Crippen molar-refractivity contribution in [2.45, 2.75) is 18.4 Å². The third-order valence-electron chi connectivity index (χ3n) is 4.18. The van der Waals surface area contributed by atoms with E-state index in [0.717, 1.165) is 17.4 Å².